The van der Waals surface area contributed by atoms with Crippen molar-refractivity contribution in [1.29, 1.82) is 0 Å². The molecule has 20 heavy (non-hydrogen) atoms. The zero-order valence-electron chi connectivity index (χ0n) is 13.0. The van der Waals surface area contributed by atoms with Gasteiger partial charge in [-0.3, -0.25) is 9.36 Å². The molecule has 0 saturated heterocycles. The van der Waals surface area contributed by atoms with E-state index in [9.17, 15) is 0 Å². The largest absolute Gasteiger partial charge is 0.308 e. The van der Waals surface area contributed by atoms with Crippen LogP contribution >= 0.6 is 0 Å². The monoisotopic (exact) mass is 275 g/mol. The van der Waals surface area contributed by atoms with Crippen molar-refractivity contribution < 1.29 is 0 Å². The Labute approximate surface area is 121 Å². The summed E-state index contributed by atoms with van der Waals surface area (Å²) in [4.78, 5) is 0. The van der Waals surface area contributed by atoms with Gasteiger partial charge in [0.05, 0.1) is 17.8 Å². The Balaban J connectivity index is 1.90. The Morgan fingerprint density at radius 1 is 1.25 bits per heavy atom. The highest BCUT2D eigenvalue weighted by molar-refractivity contribution is 5.05. The minimum absolute atomic E-state index is 0.0339. The molecule has 2 aromatic heterocycles. The van der Waals surface area contributed by atoms with Crippen LogP contribution in [0.25, 0.3) is 0 Å². The molecule has 0 aliphatic rings. The molecule has 2 rings (SSSR count). The van der Waals surface area contributed by atoms with Crippen LogP contribution in [0.1, 0.15) is 46.2 Å². The van der Waals surface area contributed by atoms with Gasteiger partial charge < -0.3 is 5.32 Å². The topological polar surface area (TPSA) is 47.7 Å². The van der Waals surface area contributed by atoms with E-state index in [1.165, 1.54) is 5.56 Å². The van der Waals surface area contributed by atoms with Crippen LogP contribution in [0.2, 0.25) is 0 Å². The number of hydrogen-bond donors (Lipinski definition) is 1. The maximum absolute atomic E-state index is 4.42. The molecular weight excluding hydrogens is 250 g/mol. The molecule has 0 saturated carbocycles. The zero-order valence-corrected chi connectivity index (χ0v) is 13.0. The molecule has 5 nitrogen and oxygen atoms in total. The molecule has 0 amide bonds. The molecule has 1 N–H and O–H groups in total. The highest BCUT2D eigenvalue weighted by Gasteiger charge is 2.16. The fraction of sp³-hybridized carbons (Fsp3) is 0.600. The van der Waals surface area contributed by atoms with Crippen LogP contribution in [0.15, 0.2) is 30.9 Å². The van der Waals surface area contributed by atoms with Gasteiger partial charge in [0.15, 0.2) is 0 Å². The van der Waals surface area contributed by atoms with Gasteiger partial charge in [0.1, 0.15) is 0 Å². The Morgan fingerprint density at radius 2 is 2.00 bits per heavy atom. The molecule has 0 unspecified atom stereocenters. The first-order valence-corrected chi connectivity index (χ1v) is 7.14. The average Bonchev–Trinajstić information content (AvgIpc) is 3.04. The lowest BCUT2D eigenvalue weighted by atomic mass is 10.1. The van der Waals surface area contributed by atoms with Crippen molar-refractivity contribution in [3.05, 3.63) is 36.4 Å². The van der Waals surface area contributed by atoms with Crippen LogP contribution in [0, 0.1) is 0 Å². The number of nitrogens with one attached hydrogen (secondary N) is 1. The van der Waals surface area contributed by atoms with E-state index in [0.29, 0.717) is 12.1 Å². The van der Waals surface area contributed by atoms with Gasteiger partial charge in [0.25, 0.3) is 0 Å². The minimum Gasteiger partial charge on any atom is -0.308 e. The van der Waals surface area contributed by atoms with E-state index in [1.54, 1.807) is 0 Å². The molecule has 2 atom stereocenters. The van der Waals surface area contributed by atoms with Crippen LogP contribution in [0.4, 0.5) is 0 Å². The fourth-order valence-electron chi connectivity index (χ4n) is 2.02. The summed E-state index contributed by atoms with van der Waals surface area (Å²) in [6, 6.07) is 2.62. The highest BCUT2D eigenvalue weighted by Crippen LogP contribution is 2.14. The Hall–Kier alpha value is -1.62. The van der Waals surface area contributed by atoms with Gasteiger partial charge in [-0.05, 0) is 40.7 Å². The summed E-state index contributed by atoms with van der Waals surface area (Å²) in [6.45, 7) is 11.6. The first-order valence-electron chi connectivity index (χ1n) is 7.14. The van der Waals surface area contributed by atoms with Crippen molar-refractivity contribution in [3.8, 4) is 0 Å². The quantitative estimate of drug-likeness (QED) is 0.912. The van der Waals surface area contributed by atoms with Crippen molar-refractivity contribution >= 4 is 0 Å². The van der Waals surface area contributed by atoms with Crippen LogP contribution in [-0.4, -0.2) is 25.6 Å². The van der Waals surface area contributed by atoms with Crippen LogP contribution in [0.3, 0.4) is 0 Å². The summed E-state index contributed by atoms with van der Waals surface area (Å²) in [5, 5.41) is 12.2. The maximum Gasteiger partial charge on any atom is 0.0641 e. The smallest absolute Gasteiger partial charge is 0.0641 e. The molecule has 0 aromatic carbocycles. The van der Waals surface area contributed by atoms with Gasteiger partial charge in [-0.1, -0.05) is 0 Å². The number of aromatic nitrogens is 4. The van der Waals surface area contributed by atoms with Gasteiger partial charge in [-0.15, -0.1) is 0 Å². The average molecular weight is 275 g/mol. The molecule has 2 aromatic rings. The second kappa shape index (κ2) is 5.79. The predicted molar refractivity (Wildman–Crippen MR) is 80.5 cm³/mol. The zero-order chi connectivity index (χ0) is 14.8. The van der Waals surface area contributed by atoms with Crippen molar-refractivity contribution in [2.45, 2.75) is 58.8 Å². The first-order chi connectivity index (χ1) is 9.38. The minimum atomic E-state index is 0.0339. The Bertz CT molecular complexity index is 521. The van der Waals surface area contributed by atoms with E-state index >= 15 is 0 Å². The number of hydrogen-bond acceptors (Lipinski definition) is 3. The Kier molecular flexibility index (Phi) is 4.28. The molecular formula is C15H25N5. The second-order valence-corrected chi connectivity index (χ2v) is 6.36. The summed E-state index contributed by atoms with van der Waals surface area (Å²) in [5.41, 5.74) is 1.24. The molecule has 0 aliphatic carbocycles. The van der Waals surface area contributed by atoms with Gasteiger partial charge in [-0.25, -0.2) is 0 Å². The maximum atomic E-state index is 4.42. The van der Waals surface area contributed by atoms with Gasteiger partial charge >= 0.3 is 0 Å². The SMILES string of the molecule is C[C@H]([C@@H](C)NCc1cnn(C(C)(C)C)c1)n1cccn1. The molecule has 0 aliphatic heterocycles. The molecule has 0 bridgehead atoms. The predicted octanol–water partition coefficient (Wildman–Crippen LogP) is 2.57. The third-order valence-corrected chi connectivity index (χ3v) is 3.62. The van der Waals surface area contributed by atoms with E-state index in [2.05, 4.69) is 56.3 Å². The van der Waals surface area contributed by atoms with Crippen molar-refractivity contribution in [2.75, 3.05) is 0 Å². The normalized spacial score (nSPS) is 15.2. The van der Waals surface area contributed by atoms with E-state index in [4.69, 9.17) is 0 Å². The standard InChI is InChI=1S/C15H25N5/c1-12(13(2)19-8-6-7-17-19)16-9-14-10-18-20(11-14)15(3,4)5/h6-8,10-13,16H,9H2,1-5H3/t12-,13-/m1/s1. The summed E-state index contributed by atoms with van der Waals surface area (Å²) in [5.74, 6) is 0. The summed E-state index contributed by atoms with van der Waals surface area (Å²) >= 11 is 0. The molecule has 5 heteroatoms. The van der Waals surface area contributed by atoms with Gasteiger partial charge in [0, 0.05) is 36.7 Å². The fourth-order valence-corrected chi connectivity index (χ4v) is 2.02. The summed E-state index contributed by atoms with van der Waals surface area (Å²) in [6.07, 6.45) is 7.86. The third-order valence-electron chi connectivity index (χ3n) is 3.62. The molecule has 0 spiro atoms. The van der Waals surface area contributed by atoms with Crippen LogP contribution in [0.5, 0.6) is 0 Å². The highest BCUT2D eigenvalue weighted by atomic mass is 15.3. The molecule has 2 heterocycles. The lowest BCUT2D eigenvalue weighted by Gasteiger charge is -2.21. The summed E-state index contributed by atoms with van der Waals surface area (Å²) < 4.78 is 3.99. The van der Waals surface area contributed by atoms with Gasteiger partial charge in [-0.2, -0.15) is 10.2 Å². The van der Waals surface area contributed by atoms with Gasteiger partial charge in [0.2, 0.25) is 0 Å². The van der Waals surface area contributed by atoms with E-state index in [-0.39, 0.29) is 5.54 Å². The van der Waals surface area contributed by atoms with Crippen molar-refractivity contribution in [1.82, 2.24) is 24.9 Å². The number of rotatable bonds is 5. The molecule has 0 radical (unpaired) electrons. The van der Waals surface area contributed by atoms with E-state index in [1.807, 2.05) is 34.0 Å². The van der Waals surface area contributed by atoms with Crippen molar-refractivity contribution in [3.63, 3.8) is 0 Å². The second-order valence-electron chi connectivity index (χ2n) is 6.36. The first kappa shape index (κ1) is 14.8. The summed E-state index contributed by atoms with van der Waals surface area (Å²) in [7, 11) is 0. The van der Waals surface area contributed by atoms with E-state index in [0.717, 1.165) is 6.54 Å². The van der Waals surface area contributed by atoms with Crippen LogP contribution in [-0.2, 0) is 12.1 Å². The Morgan fingerprint density at radius 3 is 2.55 bits per heavy atom. The van der Waals surface area contributed by atoms with E-state index < -0.39 is 0 Å². The lowest BCUT2D eigenvalue weighted by Crippen LogP contribution is -2.33. The molecule has 0 fully saturated rings. The van der Waals surface area contributed by atoms with Crippen LogP contribution < -0.4 is 5.32 Å². The van der Waals surface area contributed by atoms with Crippen molar-refractivity contribution in [2.24, 2.45) is 0 Å². The number of nitrogens with zero attached hydrogens (tertiary/aromatic N) is 4. The lowest BCUT2D eigenvalue weighted by molar-refractivity contribution is 0.353. The third kappa shape index (κ3) is 3.48. The molecule has 110 valence electrons.